The van der Waals surface area contributed by atoms with E-state index in [1.165, 1.54) is 16.8 Å². The Labute approximate surface area is 107 Å². The highest BCUT2D eigenvalue weighted by Gasteiger charge is 2.11. The maximum atomic E-state index is 11.9. The number of nitrogens with one attached hydrogen (secondary N) is 1. The number of aryl methyl sites for hydroxylation is 1. The topological polar surface area (TPSA) is 64.0 Å². The smallest absolute Gasteiger partial charge is 0.271 e. The quantitative estimate of drug-likeness (QED) is 0.834. The average molecular weight is 251 g/mol. The first-order valence-electron chi connectivity index (χ1n) is 6.47. The summed E-state index contributed by atoms with van der Waals surface area (Å²) < 4.78 is 1.36. The first kappa shape index (κ1) is 14.4. The van der Waals surface area contributed by atoms with Gasteiger partial charge in [0.1, 0.15) is 5.69 Å². The van der Waals surface area contributed by atoms with Gasteiger partial charge >= 0.3 is 0 Å². The zero-order valence-electron chi connectivity index (χ0n) is 11.3. The molecule has 0 aliphatic carbocycles. The van der Waals surface area contributed by atoms with Crippen molar-refractivity contribution in [2.24, 2.45) is 0 Å². The van der Waals surface area contributed by atoms with Crippen LogP contribution in [0.4, 0.5) is 0 Å². The lowest BCUT2D eigenvalue weighted by molar-refractivity contribution is 0.0931. The summed E-state index contributed by atoms with van der Waals surface area (Å²) in [5.74, 6) is -0.227. The largest absolute Gasteiger partial charge is 0.348 e. The summed E-state index contributed by atoms with van der Waals surface area (Å²) in [6.07, 6.45) is 2.72. The number of hydrogen-bond donors (Lipinski definition) is 1. The molecule has 0 saturated heterocycles. The molecule has 5 heteroatoms. The number of carbonyl (C=O) groups excluding carboxylic acids is 1. The lowest BCUT2D eigenvalue weighted by Crippen LogP contribution is -2.34. The molecule has 0 bridgehead atoms. The van der Waals surface area contributed by atoms with Gasteiger partial charge in [0.15, 0.2) is 0 Å². The second-order valence-corrected chi connectivity index (χ2v) is 4.42. The number of nitrogens with zero attached hydrogens (tertiary/aromatic N) is 2. The molecule has 0 aromatic carbocycles. The van der Waals surface area contributed by atoms with E-state index >= 15 is 0 Å². The molecule has 0 unspecified atom stereocenters. The Balaban J connectivity index is 2.83. The lowest BCUT2D eigenvalue weighted by Gasteiger charge is -2.11. The van der Waals surface area contributed by atoms with E-state index in [0.29, 0.717) is 12.2 Å². The molecule has 0 aliphatic rings. The molecule has 1 aromatic rings. The Morgan fingerprint density at radius 1 is 1.44 bits per heavy atom. The number of carbonyl (C=O) groups is 1. The molecule has 0 saturated carbocycles. The third-order valence-electron chi connectivity index (χ3n) is 2.81. The second kappa shape index (κ2) is 6.93. The van der Waals surface area contributed by atoms with Crippen molar-refractivity contribution in [3.05, 3.63) is 28.2 Å². The lowest BCUT2D eigenvalue weighted by atomic mass is 10.2. The maximum Gasteiger partial charge on any atom is 0.271 e. The van der Waals surface area contributed by atoms with Crippen LogP contribution < -0.4 is 10.9 Å². The number of unbranched alkanes of at least 4 members (excludes halogenated alkanes) is 1. The van der Waals surface area contributed by atoms with Crippen molar-refractivity contribution >= 4 is 5.91 Å². The van der Waals surface area contributed by atoms with Crippen LogP contribution in [-0.4, -0.2) is 21.7 Å². The molecular formula is C13H21N3O2. The van der Waals surface area contributed by atoms with Crippen molar-refractivity contribution in [1.29, 1.82) is 0 Å². The highest BCUT2D eigenvalue weighted by molar-refractivity contribution is 5.92. The molecule has 1 aromatic heterocycles. The minimum absolute atomic E-state index is 0.107. The first-order chi connectivity index (χ1) is 8.58. The standard InChI is InChI=1S/C13H21N3O2/c1-4-6-9-16-12(17)8-7-11(15-16)13(18)14-10(3)5-2/h7-8,10H,4-6,9H2,1-3H3,(H,14,18)/t10-/m1/s1. The van der Waals surface area contributed by atoms with Gasteiger partial charge in [0.25, 0.3) is 11.5 Å². The summed E-state index contributed by atoms with van der Waals surface area (Å²) >= 11 is 0. The molecular weight excluding hydrogens is 230 g/mol. The summed E-state index contributed by atoms with van der Waals surface area (Å²) in [7, 11) is 0. The van der Waals surface area contributed by atoms with Crippen molar-refractivity contribution in [3.63, 3.8) is 0 Å². The van der Waals surface area contributed by atoms with E-state index in [0.717, 1.165) is 19.3 Å². The number of rotatable bonds is 6. The zero-order valence-corrected chi connectivity index (χ0v) is 11.3. The van der Waals surface area contributed by atoms with Crippen molar-refractivity contribution in [2.45, 2.75) is 52.6 Å². The van der Waals surface area contributed by atoms with Crippen LogP contribution in [0.25, 0.3) is 0 Å². The van der Waals surface area contributed by atoms with Gasteiger partial charge in [0.2, 0.25) is 0 Å². The van der Waals surface area contributed by atoms with Gasteiger partial charge in [0, 0.05) is 18.7 Å². The summed E-state index contributed by atoms with van der Waals surface area (Å²) in [5, 5.41) is 6.92. The molecule has 5 nitrogen and oxygen atoms in total. The van der Waals surface area contributed by atoms with Gasteiger partial charge in [-0.05, 0) is 25.8 Å². The van der Waals surface area contributed by atoms with Gasteiger partial charge in [0.05, 0.1) is 0 Å². The predicted molar refractivity (Wildman–Crippen MR) is 70.6 cm³/mol. The van der Waals surface area contributed by atoms with E-state index in [1.807, 2.05) is 20.8 Å². The molecule has 0 aliphatic heterocycles. The van der Waals surface area contributed by atoms with E-state index in [1.54, 1.807) is 0 Å². The molecule has 1 N–H and O–H groups in total. The Bertz CT molecular complexity index is 454. The molecule has 0 radical (unpaired) electrons. The fourth-order valence-corrected chi connectivity index (χ4v) is 1.44. The molecule has 1 heterocycles. The summed E-state index contributed by atoms with van der Waals surface area (Å²) in [6.45, 7) is 6.54. The number of amides is 1. The fraction of sp³-hybridized carbons (Fsp3) is 0.615. The van der Waals surface area contributed by atoms with Crippen LogP contribution in [0, 0.1) is 0 Å². The summed E-state index contributed by atoms with van der Waals surface area (Å²) in [6, 6.07) is 2.98. The minimum Gasteiger partial charge on any atom is -0.348 e. The van der Waals surface area contributed by atoms with Crippen LogP contribution in [0.3, 0.4) is 0 Å². The van der Waals surface area contributed by atoms with Gasteiger partial charge in [-0.15, -0.1) is 0 Å². The van der Waals surface area contributed by atoms with Crippen LogP contribution in [0.2, 0.25) is 0 Å². The number of hydrogen-bond acceptors (Lipinski definition) is 3. The Morgan fingerprint density at radius 3 is 2.78 bits per heavy atom. The maximum absolute atomic E-state index is 11.9. The number of aromatic nitrogens is 2. The summed E-state index contributed by atoms with van der Waals surface area (Å²) in [5.41, 5.74) is 0.134. The third kappa shape index (κ3) is 3.98. The Hall–Kier alpha value is -1.65. The molecule has 100 valence electrons. The third-order valence-corrected chi connectivity index (χ3v) is 2.81. The summed E-state index contributed by atoms with van der Waals surface area (Å²) in [4.78, 5) is 23.4. The second-order valence-electron chi connectivity index (χ2n) is 4.42. The van der Waals surface area contributed by atoms with Crippen LogP contribution in [0.5, 0.6) is 0 Å². The van der Waals surface area contributed by atoms with Crippen LogP contribution in [-0.2, 0) is 6.54 Å². The van der Waals surface area contributed by atoms with Crippen molar-refractivity contribution in [3.8, 4) is 0 Å². The highest BCUT2D eigenvalue weighted by atomic mass is 16.2. The Morgan fingerprint density at radius 2 is 2.17 bits per heavy atom. The van der Waals surface area contributed by atoms with E-state index < -0.39 is 0 Å². The van der Waals surface area contributed by atoms with E-state index in [-0.39, 0.29) is 17.5 Å². The zero-order chi connectivity index (χ0) is 13.5. The predicted octanol–water partition coefficient (Wildman–Crippen LogP) is 1.57. The molecule has 1 atom stereocenters. The average Bonchev–Trinajstić information content (AvgIpc) is 2.37. The first-order valence-corrected chi connectivity index (χ1v) is 6.47. The van der Waals surface area contributed by atoms with Crippen molar-refractivity contribution in [2.75, 3.05) is 0 Å². The highest BCUT2D eigenvalue weighted by Crippen LogP contribution is 1.96. The van der Waals surface area contributed by atoms with E-state index in [9.17, 15) is 9.59 Å². The molecule has 18 heavy (non-hydrogen) atoms. The SMILES string of the molecule is CCCCn1nc(C(=O)N[C@H](C)CC)ccc1=O. The molecule has 1 amide bonds. The molecule has 0 spiro atoms. The van der Waals surface area contributed by atoms with Gasteiger partial charge in [-0.2, -0.15) is 5.10 Å². The van der Waals surface area contributed by atoms with E-state index in [2.05, 4.69) is 10.4 Å². The van der Waals surface area contributed by atoms with Crippen molar-refractivity contribution in [1.82, 2.24) is 15.1 Å². The molecule has 0 fully saturated rings. The van der Waals surface area contributed by atoms with Crippen LogP contribution in [0.1, 0.15) is 50.5 Å². The van der Waals surface area contributed by atoms with Crippen molar-refractivity contribution < 1.29 is 4.79 Å². The normalized spacial score (nSPS) is 12.2. The van der Waals surface area contributed by atoms with Crippen LogP contribution in [0.15, 0.2) is 16.9 Å². The van der Waals surface area contributed by atoms with Gasteiger partial charge < -0.3 is 5.32 Å². The van der Waals surface area contributed by atoms with Gasteiger partial charge in [-0.3, -0.25) is 9.59 Å². The van der Waals surface area contributed by atoms with Gasteiger partial charge in [-0.25, -0.2) is 4.68 Å². The fourth-order valence-electron chi connectivity index (χ4n) is 1.44. The van der Waals surface area contributed by atoms with E-state index in [4.69, 9.17) is 0 Å². The minimum atomic E-state index is -0.227. The monoisotopic (exact) mass is 251 g/mol. The van der Waals surface area contributed by atoms with Gasteiger partial charge in [-0.1, -0.05) is 20.3 Å². The molecule has 1 rings (SSSR count). The Kier molecular flexibility index (Phi) is 5.55. The van der Waals surface area contributed by atoms with Crippen LogP contribution >= 0.6 is 0 Å².